The van der Waals surface area contributed by atoms with Gasteiger partial charge >= 0.3 is 0 Å². The molecule has 1 saturated carbocycles. The van der Waals surface area contributed by atoms with Gasteiger partial charge in [0.15, 0.2) is 0 Å². The van der Waals surface area contributed by atoms with Crippen molar-refractivity contribution in [3.05, 3.63) is 16.9 Å². The molecule has 0 aromatic carbocycles. The summed E-state index contributed by atoms with van der Waals surface area (Å²) in [6.07, 6.45) is 7.05. The molecule has 3 unspecified atom stereocenters. The van der Waals surface area contributed by atoms with E-state index in [1.54, 1.807) is 6.20 Å². The summed E-state index contributed by atoms with van der Waals surface area (Å²) in [6, 6.07) is 0.666. The molecule has 108 valence electrons. The quantitative estimate of drug-likeness (QED) is 0.897. The number of halogens is 1. The maximum absolute atomic E-state index is 6.39. The molecule has 1 fully saturated rings. The molecule has 4 heteroatoms. The first-order valence-electron chi connectivity index (χ1n) is 7.44. The Morgan fingerprint density at radius 1 is 1.42 bits per heavy atom. The molecule has 0 saturated heterocycles. The van der Waals surface area contributed by atoms with Crippen molar-refractivity contribution >= 4 is 11.6 Å². The number of aromatic nitrogens is 2. The lowest BCUT2D eigenvalue weighted by atomic mass is 9.77. The molecule has 1 aliphatic carbocycles. The molecule has 1 aromatic heterocycles. The maximum atomic E-state index is 6.39. The highest BCUT2D eigenvalue weighted by molar-refractivity contribution is 6.31. The van der Waals surface area contributed by atoms with Crippen LogP contribution < -0.4 is 5.32 Å². The predicted molar refractivity (Wildman–Crippen MR) is 80.5 cm³/mol. The minimum atomic E-state index is 0.320. The Kier molecular flexibility index (Phi) is 4.91. The van der Waals surface area contributed by atoms with Gasteiger partial charge in [-0.05, 0) is 45.6 Å². The van der Waals surface area contributed by atoms with Gasteiger partial charge < -0.3 is 5.32 Å². The van der Waals surface area contributed by atoms with Crippen molar-refractivity contribution in [1.82, 2.24) is 15.1 Å². The largest absolute Gasteiger partial charge is 0.311 e. The minimum Gasteiger partial charge on any atom is -0.311 e. The van der Waals surface area contributed by atoms with Crippen molar-refractivity contribution in [2.45, 2.75) is 58.5 Å². The van der Waals surface area contributed by atoms with Crippen LogP contribution in [0.3, 0.4) is 0 Å². The second-order valence-electron chi connectivity index (χ2n) is 6.21. The Bertz CT molecular complexity index is 414. The highest BCUT2D eigenvalue weighted by Gasteiger charge is 2.31. The number of hydrogen-bond acceptors (Lipinski definition) is 2. The third-order valence-electron chi connectivity index (χ3n) is 4.33. The summed E-state index contributed by atoms with van der Waals surface area (Å²) >= 11 is 6.39. The summed E-state index contributed by atoms with van der Waals surface area (Å²) in [7, 11) is 2.04. The average molecular weight is 284 g/mol. The SMILES string of the molecule is CNC(c1c(Cl)cnn1C(C)C)C1CCCC(C)C1. The van der Waals surface area contributed by atoms with Crippen LogP contribution in [0.1, 0.15) is 64.2 Å². The van der Waals surface area contributed by atoms with Crippen LogP contribution in [0.15, 0.2) is 6.20 Å². The van der Waals surface area contributed by atoms with Crippen LogP contribution in [0.4, 0.5) is 0 Å². The lowest BCUT2D eigenvalue weighted by Gasteiger charge is -2.34. The standard InChI is InChI=1S/C15H26ClN3/c1-10(2)19-15(13(16)9-18-19)14(17-4)12-7-5-6-11(3)8-12/h9-12,14,17H,5-8H2,1-4H3. The average Bonchev–Trinajstić information content (AvgIpc) is 2.73. The predicted octanol–water partition coefficient (Wildman–Crippen LogP) is 4.20. The molecule has 1 aliphatic rings. The zero-order chi connectivity index (χ0) is 14.0. The van der Waals surface area contributed by atoms with Crippen molar-refractivity contribution in [3.8, 4) is 0 Å². The van der Waals surface area contributed by atoms with Gasteiger partial charge in [-0.3, -0.25) is 4.68 Å². The lowest BCUT2D eigenvalue weighted by molar-refractivity contribution is 0.221. The maximum Gasteiger partial charge on any atom is 0.0834 e. The molecule has 1 N–H and O–H groups in total. The minimum absolute atomic E-state index is 0.320. The van der Waals surface area contributed by atoms with Gasteiger partial charge in [-0.1, -0.05) is 31.4 Å². The number of nitrogens with one attached hydrogen (secondary N) is 1. The summed E-state index contributed by atoms with van der Waals surface area (Å²) in [4.78, 5) is 0. The second kappa shape index (κ2) is 6.27. The lowest BCUT2D eigenvalue weighted by Crippen LogP contribution is -2.31. The van der Waals surface area contributed by atoms with Crippen LogP contribution in [-0.2, 0) is 0 Å². The Labute approximate surface area is 121 Å². The van der Waals surface area contributed by atoms with E-state index in [4.69, 9.17) is 11.6 Å². The van der Waals surface area contributed by atoms with Gasteiger partial charge in [0.25, 0.3) is 0 Å². The summed E-state index contributed by atoms with van der Waals surface area (Å²) < 4.78 is 2.07. The fraction of sp³-hybridized carbons (Fsp3) is 0.800. The van der Waals surface area contributed by atoms with E-state index in [2.05, 4.69) is 35.9 Å². The van der Waals surface area contributed by atoms with Crippen LogP contribution in [0.2, 0.25) is 5.02 Å². The topological polar surface area (TPSA) is 29.9 Å². The van der Waals surface area contributed by atoms with Crippen LogP contribution in [-0.4, -0.2) is 16.8 Å². The van der Waals surface area contributed by atoms with E-state index in [9.17, 15) is 0 Å². The van der Waals surface area contributed by atoms with Gasteiger partial charge in [0.05, 0.1) is 23.0 Å². The highest BCUT2D eigenvalue weighted by Crippen LogP contribution is 2.39. The van der Waals surface area contributed by atoms with E-state index >= 15 is 0 Å². The molecule has 1 heterocycles. The van der Waals surface area contributed by atoms with Gasteiger partial charge in [-0.25, -0.2) is 0 Å². The molecule has 3 atom stereocenters. The molecule has 0 amide bonds. The van der Waals surface area contributed by atoms with E-state index < -0.39 is 0 Å². The van der Waals surface area contributed by atoms with Gasteiger partial charge in [0.2, 0.25) is 0 Å². The van der Waals surface area contributed by atoms with Crippen molar-refractivity contribution < 1.29 is 0 Å². The van der Waals surface area contributed by atoms with Crippen molar-refractivity contribution in [2.24, 2.45) is 11.8 Å². The van der Waals surface area contributed by atoms with E-state index in [1.807, 2.05) is 7.05 Å². The Hall–Kier alpha value is -0.540. The summed E-state index contributed by atoms with van der Waals surface area (Å²) in [5, 5.41) is 8.73. The van der Waals surface area contributed by atoms with Crippen LogP contribution >= 0.6 is 11.6 Å². The van der Waals surface area contributed by atoms with Crippen molar-refractivity contribution in [1.29, 1.82) is 0 Å². The summed E-state index contributed by atoms with van der Waals surface area (Å²) in [6.45, 7) is 6.67. The van der Waals surface area contributed by atoms with Crippen LogP contribution in [0, 0.1) is 11.8 Å². The first-order chi connectivity index (χ1) is 9.04. The molecule has 0 spiro atoms. The summed E-state index contributed by atoms with van der Waals surface area (Å²) in [5.41, 5.74) is 1.17. The molecule has 3 nitrogen and oxygen atoms in total. The molecule has 19 heavy (non-hydrogen) atoms. The van der Waals surface area contributed by atoms with Crippen molar-refractivity contribution in [3.63, 3.8) is 0 Å². The second-order valence-corrected chi connectivity index (χ2v) is 6.62. The van der Waals surface area contributed by atoms with Crippen LogP contribution in [0.5, 0.6) is 0 Å². The van der Waals surface area contributed by atoms with Crippen molar-refractivity contribution in [2.75, 3.05) is 7.05 Å². The normalized spacial score (nSPS) is 25.8. The third-order valence-corrected chi connectivity index (χ3v) is 4.62. The molecule has 0 aliphatic heterocycles. The Balaban J connectivity index is 2.28. The molecular weight excluding hydrogens is 258 g/mol. The first-order valence-corrected chi connectivity index (χ1v) is 7.82. The third kappa shape index (κ3) is 3.14. The van der Waals surface area contributed by atoms with Gasteiger partial charge in [-0.2, -0.15) is 5.10 Å². The molecule has 2 rings (SSSR count). The van der Waals surface area contributed by atoms with Gasteiger partial charge in [0.1, 0.15) is 0 Å². The highest BCUT2D eigenvalue weighted by atomic mass is 35.5. The van der Waals surface area contributed by atoms with E-state index in [1.165, 1.54) is 31.4 Å². The van der Waals surface area contributed by atoms with Gasteiger partial charge in [0, 0.05) is 6.04 Å². The fourth-order valence-electron chi connectivity index (χ4n) is 3.43. The molecule has 0 radical (unpaired) electrons. The molecular formula is C15H26ClN3. The number of hydrogen-bond donors (Lipinski definition) is 1. The van der Waals surface area contributed by atoms with Crippen LogP contribution in [0.25, 0.3) is 0 Å². The van der Waals surface area contributed by atoms with E-state index in [0.717, 1.165) is 10.9 Å². The zero-order valence-corrected chi connectivity index (χ0v) is 13.2. The smallest absolute Gasteiger partial charge is 0.0834 e. The number of rotatable bonds is 4. The van der Waals surface area contributed by atoms with E-state index in [-0.39, 0.29) is 0 Å². The Morgan fingerprint density at radius 3 is 2.74 bits per heavy atom. The monoisotopic (exact) mass is 283 g/mol. The molecule has 1 aromatic rings. The fourth-order valence-corrected chi connectivity index (χ4v) is 3.68. The van der Waals surface area contributed by atoms with E-state index in [0.29, 0.717) is 18.0 Å². The molecule has 0 bridgehead atoms. The number of nitrogens with zero attached hydrogens (tertiary/aromatic N) is 2. The zero-order valence-electron chi connectivity index (χ0n) is 12.5. The Morgan fingerprint density at radius 2 is 2.16 bits per heavy atom. The van der Waals surface area contributed by atoms with Gasteiger partial charge in [-0.15, -0.1) is 0 Å². The first kappa shape index (κ1) is 14.9. The summed E-state index contributed by atoms with van der Waals surface area (Å²) in [5.74, 6) is 1.49.